The van der Waals surface area contributed by atoms with Gasteiger partial charge in [-0.3, -0.25) is 9.59 Å². The highest BCUT2D eigenvalue weighted by atomic mass is 16.3. The Balaban J connectivity index is 1.63. The van der Waals surface area contributed by atoms with Crippen LogP contribution in [0.25, 0.3) is 0 Å². The zero-order valence-corrected chi connectivity index (χ0v) is 22.4. The van der Waals surface area contributed by atoms with E-state index in [-0.39, 0.29) is 45.5 Å². The van der Waals surface area contributed by atoms with Gasteiger partial charge in [0.15, 0.2) is 0 Å². The Morgan fingerprint density at radius 3 is 2.15 bits per heavy atom. The molecule has 5 rings (SSSR count). The van der Waals surface area contributed by atoms with Crippen LogP contribution >= 0.6 is 0 Å². The van der Waals surface area contributed by atoms with Gasteiger partial charge >= 0.3 is 0 Å². The third-order valence-electron chi connectivity index (χ3n) is 13.4. The Hall–Kier alpha value is -0.700. The monoisotopic (exact) mass is 456 g/mol. The van der Waals surface area contributed by atoms with E-state index in [1.54, 1.807) is 0 Å². The first-order chi connectivity index (χ1) is 15.2. The molecule has 33 heavy (non-hydrogen) atoms. The van der Waals surface area contributed by atoms with Crippen LogP contribution in [0.4, 0.5) is 0 Å². The number of hydrogen-bond donors (Lipinski definition) is 1. The maximum Gasteiger partial charge on any atom is 0.142 e. The summed E-state index contributed by atoms with van der Waals surface area (Å²) in [6.45, 7) is 16.5. The summed E-state index contributed by atoms with van der Waals surface area (Å²) < 4.78 is 0. The average molecular weight is 457 g/mol. The molecule has 5 aliphatic rings. The van der Waals surface area contributed by atoms with Crippen LogP contribution in [0.15, 0.2) is 0 Å². The number of rotatable bonds is 1. The summed E-state index contributed by atoms with van der Waals surface area (Å²) in [5.41, 5.74) is -0.427. The predicted octanol–water partition coefficient (Wildman–Crippen LogP) is 6.61. The van der Waals surface area contributed by atoms with Crippen molar-refractivity contribution in [3.63, 3.8) is 0 Å². The highest BCUT2D eigenvalue weighted by Crippen LogP contribution is 2.77. The van der Waals surface area contributed by atoms with Crippen molar-refractivity contribution in [3.05, 3.63) is 0 Å². The molecule has 5 saturated carbocycles. The largest absolute Gasteiger partial charge is 0.395 e. The molecule has 0 aromatic carbocycles. The molecular formula is C30H48O3. The molecule has 0 heterocycles. The number of fused-ring (bicyclic) bond motifs is 7. The molecule has 0 spiro atoms. The highest BCUT2D eigenvalue weighted by molar-refractivity contribution is 5.89. The lowest BCUT2D eigenvalue weighted by molar-refractivity contribution is -0.254. The van der Waals surface area contributed by atoms with Crippen LogP contribution in [0.3, 0.4) is 0 Å². The van der Waals surface area contributed by atoms with Gasteiger partial charge in [0, 0.05) is 18.8 Å². The first-order valence-corrected chi connectivity index (χ1v) is 13.9. The van der Waals surface area contributed by atoms with E-state index in [9.17, 15) is 14.7 Å². The van der Waals surface area contributed by atoms with E-state index in [2.05, 4.69) is 48.5 Å². The lowest BCUT2D eigenvalue weighted by Crippen LogP contribution is -2.72. The fourth-order valence-corrected chi connectivity index (χ4v) is 11.1. The van der Waals surface area contributed by atoms with Crippen LogP contribution in [0.5, 0.6) is 0 Å². The second-order valence-electron chi connectivity index (χ2n) is 15.1. The first kappa shape index (κ1) is 24.0. The van der Waals surface area contributed by atoms with E-state index in [0.717, 1.165) is 32.1 Å². The van der Waals surface area contributed by atoms with Crippen LogP contribution in [0.2, 0.25) is 0 Å². The molecule has 0 aliphatic heterocycles. The summed E-state index contributed by atoms with van der Waals surface area (Å²) in [5.74, 6) is 2.01. The second-order valence-corrected chi connectivity index (χ2v) is 15.1. The van der Waals surface area contributed by atoms with Gasteiger partial charge in [0.1, 0.15) is 11.6 Å². The summed E-state index contributed by atoms with van der Waals surface area (Å²) in [4.78, 5) is 27.3. The molecule has 5 aliphatic carbocycles. The quantitative estimate of drug-likeness (QED) is 0.483. The molecule has 0 aromatic heterocycles. The topological polar surface area (TPSA) is 54.4 Å². The van der Waals surface area contributed by atoms with Gasteiger partial charge in [-0.15, -0.1) is 0 Å². The van der Waals surface area contributed by atoms with Gasteiger partial charge in [0.25, 0.3) is 0 Å². The molecule has 0 radical (unpaired) electrons. The van der Waals surface area contributed by atoms with Crippen molar-refractivity contribution in [1.82, 2.24) is 0 Å². The number of carbonyl (C=O) groups is 2. The van der Waals surface area contributed by atoms with E-state index in [0.29, 0.717) is 36.2 Å². The molecule has 1 N–H and O–H groups in total. The van der Waals surface area contributed by atoms with Crippen molar-refractivity contribution < 1.29 is 14.7 Å². The normalized spacial score (nSPS) is 55.8. The van der Waals surface area contributed by atoms with E-state index >= 15 is 0 Å². The van der Waals surface area contributed by atoms with Crippen LogP contribution < -0.4 is 0 Å². The standard InChI is InChI=1S/C30H48O3/c1-19-20(32)8-9-21-27(19,5)11-10-22-28(21,6)17-24(33)30(18-31)23-16-25(2,3)12-13-26(23,4)14-15-29(22,30)7/h19,21-23,31H,8-18H2,1-7H3. The summed E-state index contributed by atoms with van der Waals surface area (Å²) >= 11 is 0. The molecule has 186 valence electrons. The van der Waals surface area contributed by atoms with Crippen LogP contribution in [0.1, 0.15) is 113 Å². The van der Waals surface area contributed by atoms with Crippen molar-refractivity contribution in [2.75, 3.05) is 6.61 Å². The van der Waals surface area contributed by atoms with Gasteiger partial charge in [0.05, 0.1) is 12.0 Å². The number of carbonyl (C=O) groups excluding carboxylic acids is 2. The zero-order chi connectivity index (χ0) is 24.2. The number of hydrogen-bond acceptors (Lipinski definition) is 3. The molecule has 9 atom stereocenters. The number of aliphatic hydroxyl groups is 1. The zero-order valence-electron chi connectivity index (χ0n) is 22.4. The fraction of sp³-hybridized carbons (Fsp3) is 0.933. The molecule has 0 bridgehead atoms. The van der Waals surface area contributed by atoms with Crippen LogP contribution in [-0.4, -0.2) is 23.3 Å². The minimum absolute atomic E-state index is 0.00640. The Bertz CT molecular complexity index is 876. The van der Waals surface area contributed by atoms with E-state index < -0.39 is 5.41 Å². The maximum atomic E-state index is 14.6. The third-order valence-corrected chi connectivity index (χ3v) is 13.4. The summed E-state index contributed by atoms with van der Waals surface area (Å²) in [7, 11) is 0. The molecule has 0 aromatic rings. The Morgan fingerprint density at radius 2 is 1.48 bits per heavy atom. The SMILES string of the molecule is CC1C(=O)CCC2C1(C)CCC1C2(C)CC(=O)C2(CO)C3CC(C)(C)CCC3(C)CCC12C. The molecule has 0 saturated heterocycles. The van der Waals surface area contributed by atoms with Crippen molar-refractivity contribution in [2.24, 2.45) is 56.2 Å². The minimum Gasteiger partial charge on any atom is -0.395 e. The minimum atomic E-state index is -0.605. The van der Waals surface area contributed by atoms with Crippen molar-refractivity contribution in [3.8, 4) is 0 Å². The highest BCUT2D eigenvalue weighted by Gasteiger charge is 2.75. The second kappa shape index (κ2) is 6.95. The number of Topliss-reactive ketones (excluding diaryl/α,β-unsaturated/α-hetero) is 2. The third kappa shape index (κ3) is 2.78. The smallest absolute Gasteiger partial charge is 0.142 e. The van der Waals surface area contributed by atoms with E-state index in [1.165, 1.54) is 19.3 Å². The molecule has 5 fully saturated rings. The predicted molar refractivity (Wildman–Crippen MR) is 132 cm³/mol. The Kier molecular flexibility index (Phi) is 5.06. The first-order valence-electron chi connectivity index (χ1n) is 13.9. The molecule has 3 nitrogen and oxygen atoms in total. The summed E-state index contributed by atoms with van der Waals surface area (Å²) in [6.07, 6.45) is 10.1. The van der Waals surface area contributed by atoms with Gasteiger partial charge in [-0.25, -0.2) is 0 Å². The van der Waals surface area contributed by atoms with E-state index in [4.69, 9.17) is 0 Å². The Labute approximate surface area is 201 Å². The Morgan fingerprint density at radius 1 is 0.818 bits per heavy atom. The number of aliphatic hydroxyl groups excluding tert-OH is 1. The van der Waals surface area contributed by atoms with Gasteiger partial charge < -0.3 is 5.11 Å². The van der Waals surface area contributed by atoms with E-state index in [1.807, 2.05) is 0 Å². The van der Waals surface area contributed by atoms with Gasteiger partial charge in [-0.05, 0) is 96.2 Å². The number of ketones is 2. The van der Waals surface area contributed by atoms with Crippen molar-refractivity contribution in [1.29, 1.82) is 0 Å². The van der Waals surface area contributed by atoms with Crippen LogP contribution in [0, 0.1) is 56.2 Å². The molecule has 0 amide bonds. The summed E-state index contributed by atoms with van der Waals surface area (Å²) in [5, 5.41) is 11.2. The van der Waals surface area contributed by atoms with Gasteiger partial charge in [-0.1, -0.05) is 48.5 Å². The van der Waals surface area contributed by atoms with Crippen LogP contribution in [-0.2, 0) is 9.59 Å². The van der Waals surface area contributed by atoms with Gasteiger partial charge in [-0.2, -0.15) is 0 Å². The molecule has 3 heteroatoms. The fourth-order valence-electron chi connectivity index (χ4n) is 11.1. The lowest BCUT2D eigenvalue weighted by Gasteiger charge is -2.74. The average Bonchev–Trinajstić information content (AvgIpc) is 2.72. The van der Waals surface area contributed by atoms with Gasteiger partial charge in [0.2, 0.25) is 0 Å². The van der Waals surface area contributed by atoms with Crippen molar-refractivity contribution >= 4 is 11.6 Å². The molecular weight excluding hydrogens is 408 g/mol. The molecule has 9 unspecified atom stereocenters. The maximum absolute atomic E-state index is 14.6. The summed E-state index contributed by atoms with van der Waals surface area (Å²) in [6, 6.07) is 0. The van der Waals surface area contributed by atoms with Crippen molar-refractivity contribution in [2.45, 2.75) is 113 Å². The lowest BCUT2D eigenvalue weighted by atomic mass is 9.29.